The maximum absolute atomic E-state index is 9.83. The molecule has 0 unspecified atom stereocenters. The van der Waals surface area contributed by atoms with Crippen molar-refractivity contribution in [3.8, 4) is 0 Å². The quantitative estimate of drug-likeness (QED) is 0.530. The molecular weight excluding hydrogens is 272 g/mol. The van der Waals surface area contributed by atoms with Crippen molar-refractivity contribution in [2.24, 2.45) is 0 Å². The molecule has 5 heteroatoms. The Kier molecular flexibility index (Phi) is 5.90. The van der Waals surface area contributed by atoms with Gasteiger partial charge in [-0.1, -0.05) is 36.9 Å². The predicted octanol–water partition coefficient (Wildman–Crippen LogP) is 0.631. The van der Waals surface area contributed by atoms with Gasteiger partial charge in [-0.3, -0.25) is 0 Å². The van der Waals surface area contributed by atoms with E-state index in [1.807, 2.05) is 18.2 Å². The molecule has 0 aliphatic carbocycles. The molecular formula is C16H22O5. The highest BCUT2D eigenvalue weighted by Gasteiger charge is 2.39. The van der Waals surface area contributed by atoms with E-state index in [1.54, 1.807) is 0 Å². The van der Waals surface area contributed by atoms with Crippen LogP contribution in [0, 0.1) is 0 Å². The van der Waals surface area contributed by atoms with E-state index in [1.165, 1.54) is 5.56 Å². The average molecular weight is 294 g/mol. The number of benzene rings is 1. The van der Waals surface area contributed by atoms with Gasteiger partial charge in [0, 0.05) is 5.57 Å². The van der Waals surface area contributed by atoms with Crippen molar-refractivity contribution in [3.63, 3.8) is 0 Å². The highest BCUT2D eigenvalue weighted by Crippen LogP contribution is 2.25. The van der Waals surface area contributed by atoms with Gasteiger partial charge in [-0.15, -0.1) is 0 Å². The molecule has 0 spiro atoms. The first-order valence-corrected chi connectivity index (χ1v) is 7.10. The van der Waals surface area contributed by atoms with E-state index in [0.717, 1.165) is 12.8 Å². The SMILES string of the molecule is C=C1[C@H](OCCCc2ccccc2)O[C@H](CO)[C@@H](O)[C@@H]1O. The Hall–Kier alpha value is -1.24. The van der Waals surface area contributed by atoms with Gasteiger partial charge in [0.15, 0.2) is 6.29 Å². The lowest BCUT2D eigenvalue weighted by molar-refractivity contribution is -0.225. The Morgan fingerprint density at radius 3 is 2.57 bits per heavy atom. The van der Waals surface area contributed by atoms with Crippen LogP contribution in [0.25, 0.3) is 0 Å². The van der Waals surface area contributed by atoms with Gasteiger partial charge in [-0.25, -0.2) is 0 Å². The first kappa shape index (κ1) is 16.1. The summed E-state index contributed by atoms with van der Waals surface area (Å²) >= 11 is 0. The topological polar surface area (TPSA) is 79.2 Å². The van der Waals surface area contributed by atoms with Crippen molar-refractivity contribution in [1.82, 2.24) is 0 Å². The number of aliphatic hydroxyl groups is 3. The zero-order valence-corrected chi connectivity index (χ0v) is 11.9. The van der Waals surface area contributed by atoms with Gasteiger partial charge in [0.2, 0.25) is 0 Å². The fraction of sp³-hybridized carbons (Fsp3) is 0.500. The van der Waals surface area contributed by atoms with Crippen molar-refractivity contribution < 1.29 is 24.8 Å². The molecule has 0 amide bonds. The molecule has 1 fully saturated rings. The van der Waals surface area contributed by atoms with Crippen LogP contribution in [-0.4, -0.2) is 53.1 Å². The van der Waals surface area contributed by atoms with E-state index in [9.17, 15) is 10.2 Å². The third-order valence-corrected chi connectivity index (χ3v) is 3.59. The monoisotopic (exact) mass is 294 g/mol. The Balaban J connectivity index is 1.78. The van der Waals surface area contributed by atoms with Gasteiger partial charge in [0.05, 0.1) is 13.2 Å². The van der Waals surface area contributed by atoms with Crippen LogP contribution in [0.3, 0.4) is 0 Å². The second kappa shape index (κ2) is 7.68. The van der Waals surface area contributed by atoms with E-state index < -0.39 is 24.6 Å². The zero-order chi connectivity index (χ0) is 15.2. The molecule has 0 bridgehead atoms. The number of rotatable bonds is 6. The lowest BCUT2D eigenvalue weighted by Crippen LogP contribution is -2.51. The third kappa shape index (κ3) is 4.12. The predicted molar refractivity (Wildman–Crippen MR) is 77.6 cm³/mol. The van der Waals surface area contributed by atoms with Crippen molar-refractivity contribution in [2.75, 3.05) is 13.2 Å². The van der Waals surface area contributed by atoms with Crippen molar-refractivity contribution in [1.29, 1.82) is 0 Å². The summed E-state index contributed by atoms with van der Waals surface area (Å²) < 4.78 is 11.0. The summed E-state index contributed by atoms with van der Waals surface area (Å²) in [5.74, 6) is 0. The van der Waals surface area contributed by atoms with E-state index in [0.29, 0.717) is 6.61 Å². The molecule has 5 nitrogen and oxygen atoms in total. The van der Waals surface area contributed by atoms with Crippen LogP contribution < -0.4 is 0 Å². The number of aryl methyl sites for hydroxylation is 1. The second-order valence-electron chi connectivity index (χ2n) is 5.16. The number of hydrogen-bond donors (Lipinski definition) is 3. The summed E-state index contributed by atoms with van der Waals surface area (Å²) in [6, 6.07) is 10.1. The summed E-state index contributed by atoms with van der Waals surface area (Å²) in [5.41, 5.74) is 1.51. The molecule has 1 aliphatic rings. The van der Waals surface area contributed by atoms with E-state index in [-0.39, 0.29) is 12.2 Å². The Bertz CT molecular complexity index is 447. The molecule has 1 aromatic carbocycles. The van der Waals surface area contributed by atoms with Crippen LogP contribution in [0.15, 0.2) is 42.5 Å². The first-order chi connectivity index (χ1) is 10.1. The zero-order valence-electron chi connectivity index (χ0n) is 11.9. The van der Waals surface area contributed by atoms with E-state index >= 15 is 0 Å². The lowest BCUT2D eigenvalue weighted by atomic mass is 9.98. The Labute approximate surface area is 124 Å². The molecule has 1 aromatic rings. The summed E-state index contributed by atoms with van der Waals surface area (Å²) in [6.07, 6.45) is -2.28. The Morgan fingerprint density at radius 2 is 1.90 bits per heavy atom. The van der Waals surface area contributed by atoms with Crippen LogP contribution in [0.1, 0.15) is 12.0 Å². The maximum atomic E-state index is 9.83. The molecule has 0 aromatic heterocycles. The van der Waals surface area contributed by atoms with Crippen molar-refractivity contribution >= 4 is 0 Å². The molecule has 0 saturated carbocycles. The molecule has 2 rings (SSSR count). The van der Waals surface area contributed by atoms with Gasteiger partial charge in [0.1, 0.15) is 18.3 Å². The molecule has 4 atom stereocenters. The summed E-state index contributed by atoms with van der Waals surface area (Å²) in [7, 11) is 0. The summed E-state index contributed by atoms with van der Waals surface area (Å²) in [6.45, 7) is 3.76. The van der Waals surface area contributed by atoms with Gasteiger partial charge in [-0.05, 0) is 18.4 Å². The number of hydrogen-bond acceptors (Lipinski definition) is 5. The van der Waals surface area contributed by atoms with Crippen LogP contribution in [0.4, 0.5) is 0 Å². The van der Waals surface area contributed by atoms with Crippen LogP contribution in [0.5, 0.6) is 0 Å². The minimum atomic E-state index is -1.17. The molecule has 1 heterocycles. The lowest BCUT2D eigenvalue weighted by Gasteiger charge is -2.37. The van der Waals surface area contributed by atoms with Crippen LogP contribution in [0.2, 0.25) is 0 Å². The molecule has 1 saturated heterocycles. The van der Waals surface area contributed by atoms with Crippen LogP contribution >= 0.6 is 0 Å². The van der Waals surface area contributed by atoms with Gasteiger partial charge >= 0.3 is 0 Å². The highest BCUT2D eigenvalue weighted by atomic mass is 16.7. The van der Waals surface area contributed by atoms with Gasteiger partial charge in [0.25, 0.3) is 0 Å². The highest BCUT2D eigenvalue weighted by molar-refractivity contribution is 5.15. The third-order valence-electron chi connectivity index (χ3n) is 3.59. The largest absolute Gasteiger partial charge is 0.394 e. The summed E-state index contributed by atoms with van der Waals surface area (Å²) in [4.78, 5) is 0. The van der Waals surface area contributed by atoms with E-state index in [4.69, 9.17) is 14.6 Å². The fourth-order valence-corrected chi connectivity index (χ4v) is 2.30. The Morgan fingerprint density at radius 1 is 1.19 bits per heavy atom. The minimum absolute atomic E-state index is 0.284. The van der Waals surface area contributed by atoms with Crippen molar-refractivity contribution in [2.45, 2.75) is 37.4 Å². The molecule has 116 valence electrons. The number of ether oxygens (including phenoxy) is 2. The van der Waals surface area contributed by atoms with E-state index in [2.05, 4.69) is 18.7 Å². The molecule has 3 N–H and O–H groups in total. The molecule has 0 radical (unpaired) electrons. The second-order valence-corrected chi connectivity index (χ2v) is 5.16. The standard InChI is InChI=1S/C16H22O5/c1-11-14(18)15(19)13(10-17)21-16(11)20-9-5-8-12-6-3-2-4-7-12/h2-4,6-7,13-19H,1,5,8-10H2/t13-,14-,15-,16-/m1/s1. The smallest absolute Gasteiger partial charge is 0.182 e. The molecule has 1 aliphatic heterocycles. The molecule has 21 heavy (non-hydrogen) atoms. The van der Waals surface area contributed by atoms with Gasteiger partial charge < -0.3 is 24.8 Å². The van der Waals surface area contributed by atoms with Gasteiger partial charge in [-0.2, -0.15) is 0 Å². The van der Waals surface area contributed by atoms with Crippen molar-refractivity contribution in [3.05, 3.63) is 48.0 Å². The summed E-state index contributed by atoms with van der Waals surface area (Å²) in [5, 5.41) is 28.6. The minimum Gasteiger partial charge on any atom is -0.394 e. The maximum Gasteiger partial charge on any atom is 0.182 e. The van der Waals surface area contributed by atoms with Crippen LogP contribution in [-0.2, 0) is 15.9 Å². The normalized spacial score (nSPS) is 29.6. The average Bonchev–Trinajstić information content (AvgIpc) is 2.52. The fourth-order valence-electron chi connectivity index (χ4n) is 2.30. The number of aliphatic hydroxyl groups excluding tert-OH is 3. The first-order valence-electron chi connectivity index (χ1n) is 7.10.